The van der Waals surface area contributed by atoms with E-state index in [9.17, 15) is 9.59 Å². The van der Waals surface area contributed by atoms with Crippen LogP contribution in [0, 0.1) is 5.92 Å². The van der Waals surface area contributed by atoms with Gasteiger partial charge in [-0.25, -0.2) is 0 Å². The second-order valence-corrected chi connectivity index (χ2v) is 12.5. The summed E-state index contributed by atoms with van der Waals surface area (Å²) in [7, 11) is 0. The molecule has 3 fully saturated rings. The molecule has 1 aliphatic carbocycles. The van der Waals surface area contributed by atoms with E-state index in [1.165, 1.54) is 11.1 Å². The number of ether oxygens (including phenoxy) is 1. The number of nitrogens with zero attached hydrogens (tertiary/aromatic N) is 3. The van der Waals surface area contributed by atoms with Gasteiger partial charge in [0.25, 0.3) is 5.91 Å². The number of hydrogen-bond acceptors (Lipinski definition) is 5. The Hall–Kier alpha value is -2.77. The van der Waals surface area contributed by atoms with E-state index < -0.39 is 5.60 Å². The predicted octanol–water partition coefficient (Wildman–Crippen LogP) is 5.23. The number of piperidine rings is 1. The molecule has 1 N–H and O–H groups in total. The Bertz CT molecular complexity index is 1190. The SMILES string of the molecule is CC(C)c1cccc(CN(C(=O)C2CCCN(c3cccc(OC(C)(C)C(=O)N4CCNCC4)c3)C2)C2CC2)c1.Cl. The number of anilines is 1. The summed E-state index contributed by atoms with van der Waals surface area (Å²) < 4.78 is 6.28. The average molecular weight is 583 g/mol. The summed E-state index contributed by atoms with van der Waals surface area (Å²) in [6.45, 7) is 13.5. The third kappa shape index (κ3) is 7.75. The van der Waals surface area contributed by atoms with Crippen molar-refractivity contribution in [3.63, 3.8) is 0 Å². The minimum atomic E-state index is -0.950. The first-order chi connectivity index (χ1) is 19.2. The van der Waals surface area contributed by atoms with Gasteiger partial charge in [0.15, 0.2) is 5.60 Å². The lowest BCUT2D eigenvalue weighted by molar-refractivity contribution is -0.146. The third-order valence-electron chi connectivity index (χ3n) is 8.49. The maximum Gasteiger partial charge on any atom is 0.266 e. The zero-order valence-electron chi connectivity index (χ0n) is 25.1. The Kier molecular flexibility index (Phi) is 10.2. The first-order valence-corrected chi connectivity index (χ1v) is 15.1. The number of benzene rings is 2. The van der Waals surface area contributed by atoms with Gasteiger partial charge >= 0.3 is 0 Å². The molecule has 0 spiro atoms. The molecule has 7 nitrogen and oxygen atoms in total. The maximum atomic E-state index is 13.9. The molecular weight excluding hydrogens is 536 g/mol. The van der Waals surface area contributed by atoms with Crippen molar-refractivity contribution in [1.29, 1.82) is 0 Å². The zero-order valence-corrected chi connectivity index (χ0v) is 25.9. The van der Waals surface area contributed by atoms with Crippen LogP contribution in [0.15, 0.2) is 48.5 Å². The molecule has 2 aromatic carbocycles. The highest BCUT2D eigenvalue weighted by atomic mass is 35.5. The van der Waals surface area contributed by atoms with Crippen molar-refractivity contribution >= 4 is 29.9 Å². The lowest BCUT2D eigenvalue weighted by atomic mass is 9.95. The Balaban J connectivity index is 0.00000387. The first-order valence-electron chi connectivity index (χ1n) is 15.1. The minimum Gasteiger partial charge on any atom is -0.478 e. The average Bonchev–Trinajstić information content (AvgIpc) is 3.81. The summed E-state index contributed by atoms with van der Waals surface area (Å²) >= 11 is 0. The summed E-state index contributed by atoms with van der Waals surface area (Å²) in [5, 5.41) is 3.29. The van der Waals surface area contributed by atoms with Crippen LogP contribution in [0.2, 0.25) is 0 Å². The monoisotopic (exact) mass is 582 g/mol. The fourth-order valence-electron chi connectivity index (χ4n) is 6.00. The van der Waals surface area contributed by atoms with Crippen LogP contribution < -0.4 is 15.0 Å². The number of rotatable bonds is 9. The Labute approximate surface area is 252 Å². The number of carbonyl (C=O) groups excluding carboxylic acids is 2. The zero-order chi connectivity index (χ0) is 28.3. The topological polar surface area (TPSA) is 65.1 Å². The Morgan fingerprint density at radius 2 is 1.76 bits per heavy atom. The van der Waals surface area contributed by atoms with Crippen molar-refractivity contribution in [1.82, 2.24) is 15.1 Å². The van der Waals surface area contributed by atoms with E-state index in [1.807, 2.05) is 36.9 Å². The van der Waals surface area contributed by atoms with Crippen LogP contribution in [0.3, 0.4) is 0 Å². The molecular formula is C33H47ClN4O3. The smallest absolute Gasteiger partial charge is 0.266 e. The number of hydrogen-bond donors (Lipinski definition) is 1. The molecule has 2 aliphatic heterocycles. The fraction of sp³-hybridized carbons (Fsp3) is 0.576. The summed E-state index contributed by atoms with van der Waals surface area (Å²) in [6, 6.07) is 17.1. The fourth-order valence-corrected chi connectivity index (χ4v) is 6.00. The summed E-state index contributed by atoms with van der Waals surface area (Å²) in [6.07, 6.45) is 4.12. The van der Waals surface area contributed by atoms with Crippen molar-refractivity contribution in [2.75, 3.05) is 44.2 Å². The van der Waals surface area contributed by atoms with Crippen LogP contribution in [-0.4, -0.2) is 72.5 Å². The standard InChI is InChI=1S/C33H46N4O3.ClH/c1-24(2)26-9-5-8-25(20-26)22-37(28-13-14-28)31(38)27-10-7-17-36(23-27)29-11-6-12-30(21-29)40-33(3,4)32(39)35-18-15-34-16-19-35;/h5-6,8-9,11-12,20-21,24,27-28,34H,7,10,13-19,22-23H2,1-4H3;1H. The van der Waals surface area contributed by atoms with Gasteiger partial charge in [-0.1, -0.05) is 44.2 Å². The number of halogens is 1. The molecule has 2 aromatic rings. The number of carbonyl (C=O) groups is 2. The summed E-state index contributed by atoms with van der Waals surface area (Å²) in [5.74, 6) is 1.45. The maximum absolute atomic E-state index is 13.9. The molecule has 0 aromatic heterocycles. The van der Waals surface area contributed by atoms with E-state index in [-0.39, 0.29) is 30.1 Å². The van der Waals surface area contributed by atoms with Crippen LogP contribution in [0.5, 0.6) is 5.75 Å². The van der Waals surface area contributed by atoms with E-state index >= 15 is 0 Å². The van der Waals surface area contributed by atoms with Gasteiger partial charge in [0.2, 0.25) is 5.91 Å². The second kappa shape index (κ2) is 13.5. The lowest BCUT2D eigenvalue weighted by Crippen LogP contribution is -2.54. The van der Waals surface area contributed by atoms with Crippen LogP contribution in [0.25, 0.3) is 0 Å². The molecule has 2 amide bonds. The van der Waals surface area contributed by atoms with Gasteiger partial charge in [-0.05, 0) is 68.7 Å². The molecule has 41 heavy (non-hydrogen) atoms. The van der Waals surface area contributed by atoms with E-state index in [2.05, 4.69) is 59.3 Å². The van der Waals surface area contributed by atoms with Gasteiger partial charge < -0.3 is 24.8 Å². The van der Waals surface area contributed by atoms with Gasteiger partial charge in [-0.2, -0.15) is 0 Å². The van der Waals surface area contributed by atoms with Crippen molar-refractivity contribution in [3.05, 3.63) is 59.7 Å². The van der Waals surface area contributed by atoms with E-state index in [1.54, 1.807) is 0 Å². The largest absolute Gasteiger partial charge is 0.478 e. The Morgan fingerprint density at radius 3 is 2.46 bits per heavy atom. The van der Waals surface area contributed by atoms with Crippen LogP contribution in [-0.2, 0) is 16.1 Å². The first kappa shape index (κ1) is 31.2. The van der Waals surface area contributed by atoms with E-state index in [0.717, 1.165) is 51.0 Å². The van der Waals surface area contributed by atoms with Crippen molar-refractivity contribution in [2.24, 2.45) is 5.92 Å². The normalized spacial score (nSPS) is 19.5. The molecule has 224 valence electrons. The quantitative estimate of drug-likeness (QED) is 0.439. The van der Waals surface area contributed by atoms with Gasteiger partial charge in [0.05, 0.1) is 5.92 Å². The Morgan fingerprint density at radius 1 is 1.02 bits per heavy atom. The van der Waals surface area contributed by atoms with Crippen molar-refractivity contribution in [3.8, 4) is 5.75 Å². The van der Waals surface area contributed by atoms with Gasteiger partial charge in [0, 0.05) is 63.6 Å². The highest BCUT2D eigenvalue weighted by Crippen LogP contribution is 2.34. The molecule has 1 unspecified atom stereocenters. The molecule has 3 aliphatic rings. The van der Waals surface area contributed by atoms with Gasteiger partial charge in [-0.3, -0.25) is 9.59 Å². The predicted molar refractivity (Wildman–Crippen MR) is 167 cm³/mol. The highest BCUT2D eigenvalue weighted by molar-refractivity contribution is 5.85. The van der Waals surface area contributed by atoms with E-state index in [4.69, 9.17) is 4.74 Å². The molecule has 0 bridgehead atoms. The van der Waals surface area contributed by atoms with Gasteiger partial charge in [-0.15, -0.1) is 12.4 Å². The van der Waals surface area contributed by atoms with Crippen LogP contribution in [0.1, 0.15) is 70.4 Å². The molecule has 0 radical (unpaired) electrons. The molecule has 2 heterocycles. The summed E-state index contributed by atoms with van der Waals surface area (Å²) in [5.41, 5.74) is 2.64. The van der Waals surface area contributed by atoms with E-state index in [0.29, 0.717) is 43.9 Å². The van der Waals surface area contributed by atoms with Crippen LogP contribution in [0.4, 0.5) is 5.69 Å². The molecule has 1 atom stereocenters. The molecule has 8 heteroatoms. The highest BCUT2D eigenvalue weighted by Gasteiger charge is 2.38. The minimum absolute atomic E-state index is 0. The third-order valence-corrected chi connectivity index (χ3v) is 8.49. The van der Waals surface area contributed by atoms with Crippen LogP contribution >= 0.6 is 12.4 Å². The number of nitrogens with one attached hydrogen (secondary N) is 1. The molecule has 5 rings (SSSR count). The second-order valence-electron chi connectivity index (χ2n) is 12.5. The molecule has 2 saturated heterocycles. The summed E-state index contributed by atoms with van der Waals surface area (Å²) in [4.78, 5) is 33.4. The lowest BCUT2D eigenvalue weighted by Gasteiger charge is -2.37. The number of amides is 2. The molecule has 1 saturated carbocycles. The van der Waals surface area contributed by atoms with Gasteiger partial charge in [0.1, 0.15) is 5.75 Å². The van der Waals surface area contributed by atoms with Crippen molar-refractivity contribution < 1.29 is 14.3 Å². The van der Waals surface area contributed by atoms with Crippen molar-refractivity contribution in [2.45, 2.75) is 77.5 Å². The number of piperazine rings is 1.